The Labute approximate surface area is 136 Å². The van der Waals surface area contributed by atoms with Crippen LogP contribution in [0, 0.1) is 5.92 Å². The van der Waals surface area contributed by atoms with Gasteiger partial charge in [-0.25, -0.2) is 0 Å². The van der Waals surface area contributed by atoms with Crippen molar-refractivity contribution in [1.82, 2.24) is 15.5 Å². The predicted molar refractivity (Wildman–Crippen MR) is 92.0 cm³/mol. The van der Waals surface area contributed by atoms with Crippen LogP contribution in [0.2, 0.25) is 0 Å². The lowest BCUT2D eigenvalue weighted by Crippen LogP contribution is -2.29. The summed E-state index contributed by atoms with van der Waals surface area (Å²) in [5.74, 6) is 4.76. The van der Waals surface area contributed by atoms with Crippen LogP contribution < -0.4 is 5.32 Å². The molecular weight excluding hydrogens is 302 g/mol. The van der Waals surface area contributed by atoms with Gasteiger partial charge in [-0.2, -0.15) is 16.7 Å². The standard InChI is InChI=1S/C15H27N3OS2/c1-5-12-14(21-7-6-20-12)15-17-13(19-18-15)9-11(16-4)8-10(2)3/h10-12,14,16H,5-9H2,1-4H3. The Balaban J connectivity index is 1.99. The number of nitrogens with one attached hydrogen (secondary N) is 1. The van der Waals surface area contributed by atoms with Crippen LogP contribution in [0.3, 0.4) is 0 Å². The van der Waals surface area contributed by atoms with E-state index in [0.717, 1.165) is 24.6 Å². The minimum Gasteiger partial charge on any atom is -0.339 e. The Hall–Kier alpha value is -0.200. The monoisotopic (exact) mass is 329 g/mol. The molecule has 0 bridgehead atoms. The molecule has 1 aromatic heterocycles. The van der Waals surface area contributed by atoms with E-state index in [9.17, 15) is 0 Å². The van der Waals surface area contributed by atoms with Crippen LogP contribution in [0.5, 0.6) is 0 Å². The number of aromatic nitrogens is 2. The zero-order chi connectivity index (χ0) is 15.2. The van der Waals surface area contributed by atoms with E-state index in [1.165, 1.54) is 17.9 Å². The third-order valence-corrected chi connectivity index (χ3v) is 7.02. The molecule has 0 aromatic carbocycles. The molecule has 1 N–H and O–H groups in total. The molecule has 0 aliphatic carbocycles. The van der Waals surface area contributed by atoms with Crippen molar-refractivity contribution >= 4 is 23.5 Å². The molecule has 4 nitrogen and oxygen atoms in total. The van der Waals surface area contributed by atoms with Crippen molar-refractivity contribution in [3.05, 3.63) is 11.7 Å². The van der Waals surface area contributed by atoms with E-state index in [2.05, 4.69) is 36.2 Å². The van der Waals surface area contributed by atoms with Gasteiger partial charge in [-0.05, 0) is 25.8 Å². The van der Waals surface area contributed by atoms with Crippen LogP contribution in [0.1, 0.15) is 50.6 Å². The SMILES string of the molecule is CCC1SCCSC1c1noc(CC(CC(C)C)NC)n1. The van der Waals surface area contributed by atoms with Crippen LogP contribution in [0.15, 0.2) is 4.52 Å². The van der Waals surface area contributed by atoms with Gasteiger partial charge in [0, 0.05) is 29.2 Å². The smallest absolute Gasteiger partial charge is 0.228 e. The average Bonchev–Trinajstić information content (AvgIpc) is 2.94. The summed E-state index contributed by atoms with van der Waals surface area (Å²) in [6.45, 7) is 6.73. The highest BCUT2D eigenvalue weighted by Crippen LogP contribution is 2.42. The molecule has 1 aliphatic rings. The van der Waals surface area contributed by atoms with Gasteiger partial charge in [-0.3, -0.25) is 0 Å². The first-order valence-electron chi connectivity index (χ1n) is 7.87. The molecule has 1 aromatic rings. The van der Waals surface area contributed by atoms with Crippen molar-refractivity contribution < 1.29 is 4.52 Å². The predicted octanol–water partition coefficient (Wildman–Crippen LogP) is 3.55. The maximum Gasteiger partial charge on any atom is 0.228 e. The maximum atomic E-state index is 5.50. The highest BCUT2D eigenvalue weighted by molar-refractivity contribution is 8.06. The third-order valence-electron chi connectivity index (χ3n) is 3.78. The van der Waals surface area contributed by atoms with Crippen molar-refractivity contribution in [2.75, 3.05) is 18.6 Å². The van der Waals surface area contributed by atoms with Crippen molar-refractivity contribution in [2.24, 2.45) is 5.92 Å². The summed E-state index contributed by atoms with van der Waals surface area (Å²) in [7, 11) is 2.01. The summed E-state index contributed by atoms with van der Waals surface area (Å²) >= 11 is 4.02. The van der Waals surface area contributed by atoms with Crippen molar-refractivity contribution in [1.29, 1.82) is 0 Å². The van der Waals surface area contributed by atoms with Gasteiger partial charge in [0.25, 0.3) is 0 Å². The molecule has 1 saturated heterocycles. The average molecular weight is 330 g/mol. The first kappa shape index (κ1) is 17.2. The van der Waals surface area contributed by atoms with E-state index in [4.69, 9.17) is 4.52 Å². The van der Waals surface area contributed by atoms with Crippen LogP contribution in [0.4, 0.5) is 0 Å². The molecule has 3 atom stereocenters. The number of likely N-dealkylation sites (N-methyl/N-ethyl adjacent to an activating group) is 1. The summed E-state index contributed by atoms with van der Waals surface area (Å²) in [4.78, 5) is 4.68. The van der Waals surface area contributed by atoms with E-state index < -0.39 is 0 Å². The summed E-state index contributed by atoms with van der Waals surface area (Å²) in [6, 6.07) is 0.411. The highest BCUT2D eigenvalue weighted by atomic mass is 32.2. The topological polar surface area (TPSA) is 51.0 Å². The molecular formula is C15H27N3OS2. The Bertz CT molecular complexity index is 425. The quantitative estimate of drug-likeness (QED) is 0.825. The number of rotatable bonds is 7. The van der Waals surface area contributed by atoms with E-state index in [-0.39, 0.29) is 0 Å². The summed E-state index contributed by atoms with van der Waals surface area (Å²) < 4.78 is 5.50. The van der Waals surface area contributed by atoms with Gasteiger partial charge in [-0.15, -0.1) is 11.8 Å². The van der Waals surface area contributed by atoms with E-state index >= 15 is 0 Å². The number of hydrogen-bond acceptors (Lipinski definition) is 6. The Morgan fingerprint density at radius 3 is 2.76 bits per heavy atom. The molecule has 2 rings (SSSR count). The second kappa shape index (κ2) is 8.44. The van der Waals surface area contributed by atoms with Crippen molar-refractivity contribution in [3.8, 4) is 0 Å². The van der Waals surface area contributed by atoms with Crippen LogP contribution in [-0.2, 0) is 6.42 Å². The highest BCUT2D eigenvalue weighted by Gasteiger charge is 2.30. The zero-order valence-corrected chi connectivity index (χ0v) is 15.1. The van der Waals surface area contributed by atoms with Gasteiger partial charge in [0.1, 0.15) is 0 Å². The molecule has 120 valence electrons. The van der Waals surface area contributed by atoms with Crippen LogP contribution >= 0.6 is 23.5 Å². The lowest BCUT2D eigenvalue weighted by atomic mass is 10.0. The maximum absolute atomic E-state index is 5.50. The first-order chi connectivity index (χ1) is 10.1. The van der Waals surface area contributed by atoms with Crippen LogP contribution in [0.25, 0.3) is 0 Å². The molecule has 0 saturated carbocycles. The van der Waals surface area contributed by atoms with E-state index in [0.29, 0.717) is 22.5 Å². The molecule has 0 radical (unpaired) electrons. The lowest BCUT2D eigenvalue weighted by Gasteiger charge is -2.27. The minimum absolute atomic E-state index is 0.393. The fraction of sp³-hybridized carbons (Fsp3) is 0.867. The third kappa shape index (κ3) is 4.89. The van der Waals surface area contributed by atoms with Crippen molar-refractivity contribution in [2.45, 2.75) is 56.6 Å². The summed E-state index contributed by atoms with van der Waals surface area (Å²) in [5, 5.41) is 8.62. The summed E-state index contributed by atoms with van der Waals surface area (Å²) in [6.07, 6.45) is 3.11. The number of thioether (sulfide) groups is 2. The molecule has 6 heteroatoms. The summed E-state index contributed by atoms with van der Waals surface area (Å²) in [5.41, 5.74) is 0. The minimum atomic E-state index is 0.393. The van der Waals surface area contributed by atoms with Crippen LogP contribution in [-0.4, -0.2) is 40.0 Å². The molecule has 2 heterocycles. The molecule has 0 amide bonds. The second-order valence-corrected chi connectivity index (χ2v) is 8.57. The van der Waals surface area contributed by atoms with Gasteiger partial charge >= 0.3 is 0 Å². The fourth-order valence-electron chi connectivity index (χ4n) is 2.69. The molecule has 1 fully saturated rings. The fourth-order valence-corrected chi connectivity index (χ4v) is 5.67. The molecule has 0 spiro atoms. The number of nitrogens with zero attached hydrogens (tertiary/aromatic N) is 2. The molecule has 21 heavy (non-hydrogen) atoms. The second-order valence-electron chi connectivity index (χ2n) is 5.97. The molecule has 1 aliphatic heterocycles. The van der Waals surface area contributed by atoms with E-state index in [1.54, 1.807) is 0 Å². The van der Waals surface area contributed by atoms with Gasteiger partial charge in [-0.1, -0.05) is 25.9 Å². The van der Waals surface area contributed by atoms with Gasteiger partial charge in [0.15, 0.2) is 5.82 Å². The Kier molecular flexibility index (Phi) is 6.89. The van der Waals surface area contributed by atoms with Crippen molar-refractivity contribution in [3.63, 3.8) is 0 Å². The Morgan fingerprint density at radius 2 is 2.10 bits per heavy atom. The van der Waals surface area contributed by atoms with Gasteiger partial charge < -0.3 is 9.84 Å². The van der Waals surface area contributed by atoms with Gasteiger partial charge in [0.05, 0.1) is 5.25 Å². The normalized spacial score (nSPS) is 24.4. The first-order valence-corrected chi connectivity index (χ1v) is 9.96. The Morgan fingerprint density at radius 1 is 1.33 bits per heavy atom. The lowest BCUT2D eigenvalue weighted by molar-refractivity contribution is 0.342. The van der Waals surface area contributed by atoms with E-state index in [1.807, 2.05) is 30.6 Å². The molecule has 3 unspecified atom stereocenters. The number of hydrogen-bond donors (Lipinski definition) is 1. The van der Waals surface area contributed by atoms with Gasteiger partial charge in [0.2, 0.25) is 5.89 Å². The largest absolute Gasteiger partial charge is 0.339 e. The zero-order valence-electron chi connectivity index (χ0n) is 13.5.